The molecular weight excluding hydrogens is 367 g/mol. The highest BCUT2D eigenvalue weighted by atomic mass is 35.5. The maximum absolute atomic E-state index is 12.7. The van der Waals surface area contributed by atoms with Gasteiger partial charge in [0.1, 0.15) is 0 Å². The van der Waals surface area contributed by atoms with Crippen LogP contribution in [-0.2, 0) is 12.7 Å². The summed E-state index contributed by atoms with van der Waals surface area (Å²) in [4.78, 5) is 12.2. The van der Waals surface area contributed by atoms with Gasteiger partial charge in [-0.1, -0.05) is 35.9 Å². The first-order valence-electron chi connectivity index (χ1n) is 7.57. The van der Waals surface area contributed by atoms with Crippen LogP contribution in [0.1, 0.15) is 21.5 Å². The fourth-order valence-corrected chi connectivity index (χ4v) is 2.55. The Hall–Kier alpha value is -2.80. The van der Waals surface area contributed by atoms with Crippen molar-refractivity contribution in [1.29, 1.82) is 0 Å². The number of carbonyl (C=O) groups excluding carboxylic acids is 1. The van der Waals surface area contributed by atoms with Gasteiger partial charge in [-0.15, -0.1) is 0 Å². The minimum Gasteiger partial charge on any atom is -0.319 e. The second-order valence-electron chi connectivity index (χ2n) is 5.55. The van der Waals surface area contributed by atoms with E-state index in [-0.39, 0.29) is 5.56 Å². The van der Waals surface area contributed by atoms with Crippen LogP contribution in [0.25, 0.3) is 0 Å². The molecule has 0 radical (unpaired) electrons. The van der Waals surface area contributed by atoms with Crippen molar-refractivity contribution in [1.82, 2.24) is 9.78 Å². The maximum Gasteiger partial charge on any atom is 0.416 e. The maximum atomic E-state index is 12.7. The van der Waals surface area contributed by atoms with Gasteiger partial charge in [-0.2, -0.15) is 18.3 Å². The first kappa shape index (κ1) is 18.0. The standard InChI is InChI=1S/C18H13ClF3N3O/c19-16-7-2-1-4-13(16)10-25-11-15(9-23-25)24-17(26)12-5-3-6-14(8-12)18(20,21)22/h1-9,11H,10H2,(H,24,26). The predicted molar refractivity (Wildman–Crippen MR) is 92.2 cm³/mol. The summed E-state index contributed by atoms with van der Waals surface area (Å²) in [6.07, 6.45) is -1.51. The van der Waals surface area contributed by atoms with Crippen molar-refractivity contribution in [2.24, 2.45) is 0 Å². The van der Waals surface area contributed by atoms with Crippen molar-refractivity contribution < 1.29 is 18.0 Å². The fourth-order valence-electron chi connectivity index (χ4n) is 2.36. The third-order valence-corrected chi connectivity index (χ3v) is 4.00. The first-order valence-corrected chi connectivity index (χ1v) is 7.95. The Morgan fingerprint density at radius 2 is 1.92 bits per heavy atom. The SMILES string of the molecule is O=C(Nc1cnn(Cc2ccccc2Cl)c1)c1cccc(C(F)(F)F)c1. The second-order valence-corrected chi connectivity index (χ2v) is 5.96. The van der Waals surface area contributed by atoms with Gasteiger partial charge in [0.05, 0.1) is 24.0 Å². The number of alkyl halides is 3. The number of anilines is 1. The van der Waals surface area contributed by atoms with Crippen molar-refractivity contribution in [2.75, 3.05) is 5.32 Å². The normalized spacial score (nSPS) is 11.4. The number of hydrogen-bond donors (Lipinski definition) is 1. The Labute approximate surface area is 152 Å². The molecule has 0 bridgehead atoms. The molecule has 1 aromatic heterocycles. The zero-order valence-corrected chi connectivity index (χ0v) is 14.1. The van der Waals surface area contributed by atoms with Gasteiger partial charge in [0, 0.05) is 16.8 Å². The van der Waals surface area contributed by atoms with E-state index < -0.39 is 17.6 Å². The molecule has 26 heavy (non-hydrogen) atoms. The molecule has 0 atom stereocenters. The van der Waals surface area contributed by atoms with E-state index in [0.717, 1.165) is 17.7 Å². The van der Waals surface area contributed by atoms with Crippen LogP contribution in [0.3, 0.4) is 0 Å². The molecule has 3 aromatic rings. The highest BCUT2D eigenvalue weighted by molar-refractivity contribution is 6.31. The van der Waals surface area contributed by atoms with Crippen molar-refractivity contribution in [3.8, 4) is 0 Å². The fraction of sp³-hybridized carbons (Fsp3) is 0.111. The number of amides is 1. The van der Waals surface area contributed by atoms with Gasteiger partial charge in [0.2, 0.25) is 0 Å². The third kappa shape index (κ3) is 4.23. The minimum atomic E-state index is -4.50. The molecule has 0 aliphatic rings. The van der Waals surface area contributed by atoms with Gasteiger partial charge in [-0.25, -0.2) is 0 Å². The molecule has 0 fully saturated rings. The lowest BCUT2D eigenvalue weighted by Crippen LogP contribution is -2.13. The summed E-state index contributed by atoms with van der Waals surface area (Å²) >= 11 is 6.09. The van der Waals surface area contributed by atoms with Crippen LogP contribution < -0.4 is 5.32 Å². The number of nitrogens with one attached hydrogen (secondary N) is 1. The molecule has 1 amide bonds. The average Bonchev–Trinajstić information content (AvgIpc) is 3.03. The lowest BCUT2D eigenvalue weighted by Gasteiger charge is -2.08. The highest BCUT2D eigenvalue weighted by Gasteiger charge is 2.30. The molecule has 0 unspecified atom stereocenters. The lowest BCUT2D eigenvalue weighted by molar-refractivity contribution is -0.137. The predicted octanol–water partition coefficient (Wildman–Crippen LogP) is 4.86. The van der Waals surface area contributed by atoms with Crippen LogP contribution in [0.2, 0.25) is 5.02 Å². The number of rotatable bonds is 4. The summed E-state index contributed by atoms with van der Waals surface area (Å²) in [5, 5.41) is 7.25. The summed E-state index contributed by atoms with van der Waals surface area (Å²) < 4.78 is 39.8. The zero-order chi connectivity index (χ0) is 18.7. The van der Waals surface area contributed by atoms with Crippen LogP contribution >= 0.6 is 11.6 Å². The van der Waals surface area contributed by atoms with E-state index in [1.54, 1.807) is 16.9 Å². The van der Waals surface area contributed by atoms with Crippen molar-refractivity contribution in [3.05, 3.63) is 82.6 Å². The molecule has 4 nitrogen and oxygen atoms in total. The largest absolute Gasteiger partial charge is 0.416 e. The summed E-state index contributed by atoms with van der Waals surface area (Å²) in [7, 11) is 0. The van der Waals surface area contributed by atoms with Crippen LogP contribution in [0.5, 0.6) is 0 Å². The van der Waals surface area contributed by atoms with Crippen LogP contribution in [-0.4, -0.2) is 15.7 Å². The Morgan fingerprint density at radius 3 is 2.65 bits per heavy atom. The number of carbonyl (C=O) groups is 1. The van der Waals surface area contributed by atoms with E-state index in [1.165, 1.54) is 18.3 Å². The number of hydrogen-bond acceptors (Lipinski definition) is 2. The highest BCUT2D eigenvalue weighted by Crippen LogP contribution is 2.29. The van der Waals surface area contributed by atoms with E-state index in [2.05, 4.69) is 10.4 Å². The topological polar surface area (TPSA) is 46.9 Å². The van der Waals surface area contributed by atoms with Gasteiger partial charge in [0.25, 0.3) is 5.91 Å². The van der Waals surface area contributed by atoms with E-state index in [0.29, 0.717) is 17.3 Å². The minimum absolute atomic E-state index is 0.0846. The first-order chi connectivity index (χ1) is 12.3. The Balaban J connectivity index is 1.71. The van der Waals surface area contributed by atoms with Crippen LogP contribution in [0.4, 0.5) is 18.9 Å². The molecule has 3 rings (SSSR count). The molecule has 1 heterocycles. The molecule has 1 N–H and O–H groups in total. The summed E-state index contributed by atoms with van der Waals surface area (Å²) in [5.74, 6) is -0.645. The van der Waals surface area contributed by atoms with E-state index in [4.69, 9.17) is 11.6 Å². The second kappa shape index (κ2) is 7.21. The van der Waals surface area contributed by atoms with Gasteiger partial charge in [0.15, 0.2) is 0 Å². The zero-order valence-electron chi connectivity index (χ0n) is 13.3. The number of halogens is 4. The van der Waals surface area contributed by atoms with Crippen molar-refractivity contribution in [3.63, 3.8) is 0 Å². The molecule has 2 aromatic carbocycles. The summed E-state index contributed by atoms with van der Waals surface area (Å²) in [6.45, 7) is 0.402. The monoisotopic (exact) mass is 379 g/mol. The molecule has 0 spiro atoms. The van der Waals surface area contributed by atoms with Gasteiger partial charge in [-0.05, 0) is 29.8 Å². The van der Waals surface area contributed by atoms with Crippen LogP contribution in [0.15, 0.2) is 60.9 Å². The Kier molecular flexibility index (Phi) is 4.99. The van der Waals surface area contributed by atoms with E-state index in [9.17, 15) is 18.0 Å². The third-order valence-electron chi connectivity index (χ3n) is 3.63. The number of aromatic nitrogens is 2. The molecule has 0 saturated heterocycles. The number of benzene rings is 2. The molecule has 8 heteroatoms. The average molecular weight is 380 g/mol. The molecule has 0 aliphatic carbocycles. The summed E-state index contributed by atoms with van der Waals surface area (Å²) in [5.41, 5.74) is 0.269. The molecule has 0 aliphatic heterocycles. The molecule has 134 valence electrons. The summed E-state index contributed by atoms with van der Waals surface area (Å²) in [6, 6.07) is 11.5. The van der Waals surface area contributed by atoms with E-state index in [1.807, 2.05) is 18.2 Å². The smallest absolute Gasteiger partial charge is 0.319 e. The van der Waals surface area contributed by atoms with Gasteiger partial charge in [-0.3, -0.25) is 9.48 Å². The lowest BCUT2D eigenvalue weighted by atomic mass is 10.1. The van der Waals surface area contributed by atoms with Crippen LogP contribution in [0, 0.1) is 0 Å². The Morgan fingerprint density at radius 1 is 1.15 bits per heavy atom. The van der Waals surface area contributed by atoms with E-state index >= 15 is 0 Å². The van der Waals surface area contributed by atoms with Crippen molar-refractivity contribution in [2.45, 2.75) is 12.7 Å². The number of nitrogens with zero attached hydrogens (tertiary/aromatic N) is 2. The Bertz CT molecular complexity index is 937. The van der Waals surface area contributed by atoms with Crippen molar-refractivity contribution >= 4 is 23.2 Å². The molecular formula is C18H13ClF3N3O. The van der Waals surface area contributed by atoms with Gasteiger partial charge < -0.3 is 5.32 Å². The van der Waals surface area contributed by atoms with Gasteiger partial charge >= 0.3 is 6.18 Å². The molecule has 0 saturated carbocycles. The quantitative estimate of drug-likeness (QED) is 0.704.